The molecule has 0 saturated heterocycles. The van der Waals surface area contributed by atoms with Crippen molar-refractivity contribution in [1.82, 2.24) is 14.7 Å². The van der Waals surface area contributed by atoms with E-state index in [0.717, 1.165) is 29.9 Å². The van der Waals surface area contributed by atoms with Crippen LogP contribution in [0.5, 0.6) is 0 Å². The Kier molecular flexibility index (Phi) is 3.43. The van der Waals surface area contributed by atoms with Crippen LogP contribution >= 0.6 is 0 Å². The van der Waals surface area contributed by atoms with E-state index in [-0.39, 0.29) is 5.56 Å². The number of benzene rings is 1. The molecule has 1 N–H and O–H groups in total. The second-order valence-corrected chi connectivity index (χ2v) is 4.86. The van der Waals surface area contributed by atoms with Gasteiger partial charge in [-0.25, -0.2) is 9.78 Å². The average molecular weight is 285 g/mol. The fraction of sp³-hybridized carbons (Fsp3) is 0.267. The summed E-state index contributed by atoms with van der Waals surface area (Å²) in [5.41, 5.74) is 2.67. The molecule has 0 amide bonds. The van der Waals surface area contributed by atoms with Gasteiger partial charge in [0, 0.05) is 12.5 Å². The standard InChI is InChI=1S/C15H15N3O3/c1-2-3-14-16-12-8-10(15(19)20)4-5-13(12)18(14)9-11-6-7-21-17-11/h4-8H,2-3,9H2,1H3,(H,19,20). The number of nitrogens with zero attached hydrogens (tertiary/aromatic N) is 3. The fourth-order valence-electron chi connectivity index (χ4n) is 2.38. The lowest BCUT2D eigenvalue weighted by atomic mass is 10.2. The first kappa shape index (κ1) is 13.4. The number of aryl methyl sites for hydroxylation is 1. The molecule has 3 aromatic rings. The van der Waals surface area contributed by atoms with Crippen molar-refractivity contribution in [2.45, 2.75) is 26.3 Å². The number of hydrogen-bond acceptors (Lipinski definition) is 4. The molecular formula is C15H15N3O3. The van der Waals surface area contributed by atoms with Gasteiger partial charge in [-0.05, 0) is 24.6 Å². The minimum Gasteiger partial charge on any atom is -0.478 e. The first-order valence-corrected chi connectivity index (χ1v) is 6.80. The summed E-state index contributed by atoms with van der Waals surface area (Å²) in [4.78, 5) is 15.6. The SMILES string of the molecule is CCCc1nc2cc(C(=O)O)ccc2n1Cc1ccon1. The van der Waals surface area contributed by atoms with Gasteiger partial charge in [-0.3, -0.25) is 0 Å². The Balaban J connectivity index is 2.10. The number of fused-ring (bicyclic) bond motifs is 1. The zero-order valence-corrected chi connectivity index (χ0v) is 11.6. The van der Waals surface area contributed by atoms with Crippen LogP contribution in [0.15, 0.2) is 35.1 Å². The number of carboxylic acids is 1. The van der Waals surface area contributed by atoms with Crippen molar-refractivity contribution < 1.29 is 14.4 Å². The summed E-state index contributed by atoms with van der Waals surface area (Å²) in [6, 6.07) is 6.82. The third-order valence-electron chi connectivity index (χ3n) is 3.36. The molecule has 2 aromatic heterocycles. The van der Waals surface area contributed by atoms with Crippen LogP contribution in [0.3, 0.4) is 0 Å². The third kappa shape index (κ3) is 2.52. The number of carboxylic acid groups (broad SMARTS) is 1. The Labute approximate surface area is 121 Å². The number of rotatable bonds is 5. The monoisotopic (exact) mass is 285 g/mol. The smallest absolute Gasteiger partial charge is 0.335 e. The van der Waals surface area contributed by atoms with Gasteiger partial charge in [0.05, 0.1) is 23.1 Å². The van der Waals surface area contributed by atoms with Gasteiger partial charge in [0.2, 0.25) is 0 Å². The fourth-order valence-corrected chi connectivity index (χ4v) is 2.38. The van der Waals surface area contributed by atoms with Gasteiger partial charge in [0.25, 0.3) is 0 Å². The summed E-state index contributed by atoms with van der Waals surface area (Å²) in [7, 11) is 0. The molecule has 21 heavy (non-hydrogen) atoms. The Hall–Kier alpha value is -2.63. The zero-order valence-electron chi connectivity index (χ0n) is 11.6. The highest BCUT2D eigenvalue weighted by Crippen LogP contribution is 2.20. The molecule has 0 saturated carbocycles. The lowest BCUT2D eigenvalue weighted by Crippen LogP contribution is -2.05. The molecule has 108 valence electrons. The van der Waals surface area contributed by atoms with E-state index < -0.39 is 5.97 Å². The minimum atomic E-state index is -0.944. The van der Waals surface area contributed by atoms with Gasteiger partial charge in [-0.15, -0.1) is 0 Å². The van der Waals surface area contributed by atoms with E-state index in [1.807, 2.05) is 6.07 Å². The van der Waals surface area contributed by atoms with Crippen molar-refractivity contribution in [1.29, 1.82) is 0 Å². The molecule has 0 atom stereocenters. The van der Waals surface area contributed by atoms with Crippen LogP contribution in [-0.4, -0.2) is 25.8 Å². The number of aromatic nitrogens is 3. The summed E-state index contributed by atoms with van der Waals surface area (Å²) in [6.07, 6.45) is 3.33. The summed E-state index contributed by atoms with van der Waals surface area (Å²) in [6.45, 7) is 2.65. The number of carbonyl (C=O) groups is 1. The minimum absolute atomic E-state index is 0.247. The third-order valence-corrected chi connectivity index (χ3v) is 3.36. The Bertz CT molecular complexity index is 775. The number of aromatic carboxylic acids is 1. The van der Waals surface area contributed by atoms with E-state index in [9.17, 15) is 4.79 Å². The van der Waals surface area contributed by atoms with Crippen LogP contribution in [0, 0.1) is 0 Å². The second kappa shape index (κ2) is 5.40. The molecule has 0 unspecified atom stereocenters. The van der Waals surface area contributed by atoms with E-state index in [1.165, 1.54) is 6.26 Å². The van der Waals surface area contributed by atoms with Crippen molar-refractivity contribution in [2.75, 3.05) is 0 Å². The molecule has 6 nitrogen and oxygen atoms in total. The van der Waals surface area contributed by atoms with Gasteiger partial charge in [0.1, 0.15) is 17.8 Å². The number of imidazole rings is 1. The first-order valence-electron chi connectivity index (χ1n) is 6.80. The van der Waals surface area contributed by atoms with Crippen LogP contribution < -0.4 is 0 Å². The molecule has 0 aliphatic rings. The quantitative estimate of drug-likeness (QED) is 0.779. The van der Waals surface area contributed by atoms with Crippen molar-refractivity contribution in [2.24, 2.45) is 0 Å². The lowest BCUT2D eigenvalue weighted by molar-refractivity contribution is 0.0697. The van der Waals surface area contributed by atoms with Crippen LogP contribution in [0.1, 0.15) is 35.2 Å². The highest BCUT2D eigenvalue weighted by molar-refractivity contribution is 5.92. The molecule has 0 fully saturated rings. The van der Waals surface area contributed by atoms with Crippen molar-refractivity contribution in [3.8, 4) is 0 Å². The van der Waals surface area contributed by atoms with Crippen molar-refractivity contribution in [3.05, 3.63) is 47.6 Å². The second-order valence-electron chi connectivity index (χ2n) is 4.86. The van der Waals surface area contributed by atoms with E-state index in [1.54, 1.807) is 18.2 Å². The van der Waals surface area contributed by atoms with E-state index in [0.29, 0.717) is 12.1 Å². The highest BCUT2D eigenvalue weighted by Gasteiger charge is 2.13. The average Bonchev–Trinajstić information content (AvgIpc) is 3.08. The van der Waals surface area contributed by atoms with Crippen LogP contribution in [0.2, 0.25) is 0 Å². The zero-order chi connectivity index (χ0) is 14.8. The molecule has 0 aliphatic heterocycles. The Morgan fingerprint density at radius 1 is 1.38 bits per heavy atom. The van der Waals surface area contributed by atoms with Gasteiger partial charge in [-0.1, -0.05) is 12.1 Å². The van der Waals surface area contributed by atoms with Gasteiger partial charge in [-0.2, -0.15) is 0 Å². The topological polar surface area (TPSA) is 81.1 Å². The van der Waals surface area contributed by atoms with Gasteiger partial charge >= 0.3 is 5.97 Å². The van der Waals surface area contributed by atoms with Crippen LogP contribution in [0.25, 0.3) is 11.0 Å². The molecule has 1 aromatic carbocycles. The lowest BCUT2D eigenvalue weighted by Gasteiger charge is -2.06. The predicted molar refractivity (Wildman–Crippen MR) is 76.3 cm³/mol. The molecule has 0 spiro atoms. The van der Waals surface area contributed by atoms with E-state index >= 15 is 0 Å². The molecule has 0 bridgehead atoms. The molecule has 6 heteroatoms. The summed E-state index contributed by atoms with van der Waals surface area (Å²) in [5, 5.41) is 13.0. The summed E-state index contributed by atoms with van der Waals surface area (Å²) < 4.78 is 6.92. The van der Waals surface area contributed by atoms with Gasteiger partial charge < -0.3 is 14.2 Å². The largest absolute Gasteiger partial charge is 0.478 e. The Morgan fingerprint density at radius 2 is 2.24 bits per heavy atom. The van der Waals surface area contributed by atoms with Crippen molar-refractivity contribution in [3.63, 3.8) is 0 Å². The summed E-state index contributed by atoms with van der Waals surface area (Å²) >= 11 is 0. The maximum absolute atomic E-state index is 11.1. The van der Waals surface area contributed by atoms with Gasteiger partial charge in [0.15, 0.2) is 0 Å². The molecular weight excluding hydrogens is 270 g/mol. The highest BCUT2D eigenvalue weighted by atomic mass is 16.5. The van der Waals surface area contributed by atoms with E-state index in [2.05, 4.69) is 21.6 Å². The number of hydrogen-bond donors (Lipinski definition) is 1. The molecule has 3 rings (SSSR count). The van der Waals surface area contributed by atoms with Crippen LogP contribution in [0.4, 0.5) is 0 Å². The van der Waals surface area contributed by atoms with Crippen molar-refractivity contribution >= 4 is 17.0 Å². The maximum Gasteiger partial charge on any atom is 0.335 e. The maximum atomic E-state index is 11.1. The molecule has 0 aliphatic carbocycles. The first-order chi connectivity index (χ1) is 10.2. The Morgan fingerprint density at radius 3 is 2.90 bits per heavy atom. The van der Waals surface area contributed by atoms with Crippen LogP contribution in [-0.2, 0) is 13.0 Å². The van der Waals surface area contributed by atoms with E-state index in [4.69, 9.17) is 9.63 Å². The molecule has 0 radical (unpaired) electrons. The normalized spacial score (nSPS) is 11.1. The predicted octanol–water partition coefficient (Wildman–Crippen LogP) is 2.72. The molecule has 2 heterocycles. The summed E-state index contributed by atoms with van der Waals surface area (Å²) in [5.74, 6) is -0.0157.